The molecule has 2 amide bonds. The second-order valence-corrected chi connectivity index (χ2v) is 12.9. The monoisotopic (exact) mass is 608 g/mol. The molecule has 10 nitrogen and oxygen atoms in total. The molecule has 2 aliphatic rings. The first-order chi connectivity index (χ1) is 21.6. The second kappa shape index (κ2) is 12.3. The van der Waals surface area contributed by atoms with Crippen molar-refractivity contribution in [2.24, 2.45) is 5.92 Å². The van der Waals surface area contributed by atoms with Crippen LogP contribution in [0.2, 0.25) is 0 Å². The maximum absolute atomic E-state index is 12.9. The van der Waals surface area contributed by atoms with E-state index in [4.69, 9.17) is 14.5 Å². The van der Waals surface area contributed by atoms with E-state index in [-0.39, 0.29) is 24.0 Å². The lowest BCUT2D eigenvalue weighted by Crippen LogP contribution is -2.47. The van der Waals surface area contributed by atoms with Crippen LogP contribution < -0.4 is 15.0 Å². The number of nitrogens with one attached hydrogen (secondary N) is 1. The van der Waals surface area contributed by atoms with E-state index in [2.05, 4.69) is 21.4 Å². The van der Waals surface area contributed by atoms with Crippen LogP contribution in [0.4, 0.5) is 16.4 Å². The predicted molar refractivity (Wildman–Crippen MR) is 175 cm³/mol. The number of amides is 2. The molecule has 0 radical (unpaired) electrons. The van der Waals surface area contributed by atoms with Gasteiger partial charge in [0.15, 0.2) is 0 Å². The third-order valence-electron chi connectivity index (χ3n) is 8.26. The van der Waals surface area contributed by atoms with Gasteiger partial charge in [-0.25, -0.2) is 19.7 Å². The molecule has 4 heterocycles. The number of carbonyl (C=O) groups excluding carboxylic acids is 2. The summed E-state index contributed by atoms with van der Waals surface area (Å²) in [7, 11) is 0. The lowest BCUT2D eigenvalue weighted by molar-refractivity contribution is -0.119. The summed E-state index contributed by atoms with van der Waals surface area (Å²) in [5.74, 6) is 1.74. The highest BCUT2D eigenvalue weighted by Gasteiger charge is 2.31. The minimum absolute atomic E-state index is 0.0101. The Hall–Kier alpha value is -4.73. The largest absolute Gasteiger partial charge is 0.444 e. The standard InChI is InChI=1S/C35H40N6O4/c1-22-13-14-25-26(10-6-12-29(25)41-20-16-23(2)32(41)42)30(22)44-31-27(11-7-17-36-31)28-15-18-37-33(39-28)38-24-9-8-19-40(21-24)34(43)45-35(3,4)5/h6-7,10-15,17-18,23-24H,8-9,16,19-21H2,1-5H3,(H,37,38,39)/t23-,24+/m1/s1. The van der Waals surface area contributed by atoms with Gasteiger partial charge in [0.05, 0.1) is 16.9 Å². The maximum Gasteiger partial charge on any atom is 0.410 e. The summed E-state index contributed by atoms with van der Waals surface area (Å²) >= 11 is 0. The predicted octanol–water partition coefficient (Wildman–Crippen LogP) is 6.98. The van der Waals surface area contributed by atoms with Gasteiger partial charge in [-0.2, -0.15) is 0 Å². The van der Waals surface area contributed by atoms with Crippen molar-refractivity contribution in [2.45, 2.75) is 65.5 Å². The molecule has 10 heteroatoms. The molecule has 2 atom stereocenters. The van der Waals surface area contributed by atoms with Crippen LogP contribution in [-0.2, 0) is 9.53 Å². The molecule has 0 saturated carbocycles. The molecule has 2 saturated heterocycles. The fourth-order valence-corrected chi connectivity index (χ4v) is 5.97. The molecule has 2 fully saturated rings. The summed E-state index contributed by atoms with van der Waals surface area (Å²) in [6.07, 6.45) is 5.69. The molecule has 0 spiro atoms. The third kappa shape index (κ3) is 6.55. The van der Waals surface area contributed by atoms with Gasteiger partial charge in [-0.3, -0.25) is 4.79 Å². The van der Waals surface area contributed by atoms with Crippen molar-refractivity contribution in [3.05, 3.63) is 66.5 Å². The van der Waals surface area contributed by atoms with Crippen LogP contribution in [0.15, 0.2) is 60.9 Å². The van der Waals surface area contributed by atoms with Gasteiger partial charge in [0.2, 0.25) is 17.7 Å². The number of ether oxygens (including phenoxy) is 2. The van der Waals surface area contributed by atoms with Gasteiger partial charge in [0, 0.05) is 54.8 Å². The van der Waals surface area contributed by atoms with E-state index in [0.29, 0.717) is 42.9 Å². The Labute approximate surface area is 263 Å². The number of pyridine rings is 1. The molecule has 2 aromatic carbocycles. The Kier molecular flexibility index (Phi) is 8.31. The average molecular weight is 609 g/mol. The van der Waals surface area contributed by atoms with E-state index in [0.717, 1.165) is 46.8 Å². The topological polar surface area (TPSA) is 110 Å². The number of hydrogen-bond acceptors (Lipinski definition) is 8. The van der Waals surface area contributed by atoms with Crippen LogP contribution in [0.5, 0.6) is 11.6 Å². The Bertz CT molecular complexity index is 1740. The van der Waals surface area contributed by atoms with Crippen LogP contribution in [0.1, 0.15) is 52.5 Å². The minimum Gasteiger partial charge on any atom is -0.444 e. The number of nitrogens with zero attached hydrogens (tertiary/aromatic N) is 5. The van der Waals surface area contributed by atoms with Gasteiger partial charge in [0.1, 0.15) is 11.4 Å². The van der Waals surface area contributed by atoms with E-state index >= 15 is 0 Å². The van der Waals surface area contributed by atoms with Crippen molar-refractivity contribution in [3.8, 4) is 22.9 Å². The first kappa shape index (κ1) is 30.3. The highest BCUT2D eigenvalue weighted by molar-refractivity contribution is 6.07. The average Bonchev–Trinajstić information content (AvgIpc) is 3.35. The van der Waals surface area contributed by atoms with Gasteiger partial charge in [-0.15, -0.1) is 0 Å². The van der Waals surface area contributed by atoms with Crippen molar-refractivity contribution in [3.63, 3.8) is 0 Å². The first-order valence-corrected chi connectivity index (χ1v) is 15.6. The summed E-state index contributed by atoms with van der Waals surface area (Å²) in [5, 5.41) is 5.28. The quantitative estimate of drug-likeness (QED) is 0.250. The molecule has 0 bridgehead atoms. The molecule has 234 valence electrons. The normalized spacial score (nSPS) is 18.7. The molecule has 4 aromatic rings. The summed E-state index contributed by atoms with van der Waals surface area (Å²) in [4.78, 5) is 43.0. The van der Waals surface area contributed by atoms with Crippen LogP contribution in [-0.4, -0.2) is 63.1 Å². The zero-order chi connectivity index (χ0) is 31.7. The summed E-state index contributed by atoms with van der Waals surface area (Å²) in [5.41, 5.74) is 2.68. The van der Waals surface area contributed by atoms with Crippen LogP contribution in [0.3, 0.4) is 0 Å². The molecule has 1 N–H and O–H groups in total. The number of benzene rings is 2. The van der Waals surface area contributed by atoms with Crippen LogP contribution in [0, 0.1) is 12.8 Å². The van der Waals surface area contributed by atoms with Crippen molar-refractivity contribution in [1.82, 2.24) is 19.9 Å². The van der Waals surface area contributed by atoms with Crippen molar-refractivity contribution < 1.29 is 19.1 Å². The number of aryl methyl sites for hydroxylation is 1. The first-order valence-electron chi connectivity index (χ1n) is 15.6. The number of fused-ring (bicyclic) bond motifs is 1. The fraction of sp³-hybridized carbons (Fsp3) is 0.400. The molecule has 2 aliphatic heterocycles. The Morgan fingerprint density at radius 1 is 0.978 bits per heavy atom. The van der Waals surface area contributed by atoms with Crippen molar-refractivity contribution >= 4 is 34.4 Å². The highest BCUT2D eigenvalue weighted by atomic mass is 16.6. The number of hydrogen-bond donors (Lipinski definition) is 1. The Morgan fingerprint density at radius 2 is 1.82 bits per heavy atom. The number of carbonyl (C=O) groups is 2. The summed E-state index contributed by atoms with van der Waals surface area (Å²) in [6, 6.07) is 15.7. The Morgan fingerprint density at radius 3 is 2.60 bits per heavy atom. The Balaban J connectivity index is 1.25. The van der Waals surface area contributed by atoms with Crippen LogP contribution >= 0.6 is 0 Å². The number of aromatic nitrogens is 3. The smallest absolute Gasteiger partial charge is 0.410 e. The molecule has 0 unspecified atom stereocenters. The zero-order valence-electron chi connectivity index (χ0n) is 26.5. The fourth-order valence-electron chi connectivity index (χ4n) is 5.97. The van der Waals surface area contributed by atoms with E-state index in [1.54, 1.807) is 17.3 Å². The second-order valence-electron chi connectivity index (χ2n) is 12.9. The van der Waals surface area contributed by atoms with Gasteiger partial charge < -0.3 is 24.6 Å². The molecular weight excluding hydrogens is 568 g/mol. The van der Waals surface area contributed by atoms with Crippen molar-refractivity contribution in [1.29, 1.82) is 0 Å². The summed E-state index contributed by atoms with van der Waals surface area (Å²) in [6.45, 7) is 11.5. The minimum atomic E-state index is -0.545. The molecule has 2 aromatic heterocycles. The van der Waals surface area contributed by atoms with Gasteiger partial charge in [-0.1, -0.05) is 31.2 Å². The molecule has 0 aliphatic carbocycles. The SMILES string of the molecule is Cc1ccc2c(N3CC[C@@H](C)C3=O)cccc2c1Oc1ncccc1-c1ccnc(N[C@H]2CCCN(C(=O)OC(C)(C)C)C2)n1. The molecule has 6 rings (SSSR count). The maximum atomic E-state index is 12.9. The van der Waals surface area contributed by atoms with E-state index in [1.807, 2.05) is 82.0 Å². The van der Waals surface area contributed by atoms with E-state index in [1.165, 1.54) is 0 Å². The number of anilines is 2. The third-order valence-corrected chi connectivity index (χ3v) is 8.26. The van der Waals surface area contributed by atoms with Gasteiger partial charge >= 0.3 is 6.09 Å². The van der Waals surface area contributed by atoms with Gasteiger partial charge in [0.25, 0.3) is 0 Å². The number of rotatable bonds is 6. The van der Waals surface area contributed by atoms with Crippen LogP contribution in [0.25, 0.3) is 22.0 Å². The lowest BCUT2D eigenvalue weighted by atomic mass is 10.0. The number of likely N-dealkylation sites (tertiary alicyclic amines) is 1. The number of piperidine rings is 1. The molecular formula is C35H40N6O4. The molecule has 45 heavy (non-hydrogen) atoms. The summed E-state index contributed by atoms with van der Waals surface area (Å²) < 4.78 is 12.2. The zero-order valence-corrected chi connectivity index (χ0v) is 26.5. The van der Waals surface area contributed by atoms with E-state index < -0.39 is 5.60 Å². The van der Waals surface area contributed by atoms with Crippen molar-refractivity contribution in [2.75, 3.05) is 29.9 Å². The van der Waals surface area contributed by atoms with Gasteiger partial charge in [-0.05, 0) is 76.8 Å². The van der Waals surface area contributed by atoms with E-state index in [9.17, 15) is 9.59 Å². The highest BCUT2D eigenvalue weighted by Crippen LogP contribution is 2.40. The lowest BCUT2D eigenvalue weighted by Gasteiger charge is -2.34.